The van der Waals surface area contributed by atoms with Gasteiger partial charge in [-0.3, -0.25) is 19.4 Å². The first-order valence-corrected chi connectivity index (χ1v) is 30.8. The third-order valence-corrected chi connectivity index (χ3v) is 15.0. The number of thioether (sulfide) groups is 2. The van der Waals surface area contributed by atoms with Gasteiger partial charge < -0.3 is 20.4 Å². The Labute approximate surface area is 424 Å². The van der Waals surface area contributed by atoms with Gasteiger partial charge in [0.1, 0.15) is 0 Å². The lowest BCUT2D eigenvalue weighted by atomic mass is 10.0. The van der Waals surface area contributed by atoms with Crippen LogP contribution < -0.4 is 0 Å². The van der Waals surface area contributed by atoms with Crippen molar-refractivity contribution in [2.45, 2.75) is 290 Å². The van der Waals surface area contributed by atoms with E-state index >= 15 is 0 Å². The Balaban J connectivity index is 4.93. The van der Waals surface area contributed by atoms with Crippen molar-refractivity contribution in [1.82, 2.24) is 9.80 Å². The fourth-order valence-corrected chi connectivity index (χ4v) is 10.6. The minimum Gasteiger partial charge on any atom is -0.392 e. The van der Waals surface area contributed by atoms with Crippen LogP contribution in [0.2, 0.25) is 0 Å². The third kappa shape index (κ3) is 48.9. The Hall–Kier alpha value is -0.460. The highest BCUT2D eigenvalue weighted by Crippen LogP contribution is 2.18. The molecule has 0 saturated carbocycles. The maximum Gasteiger partial charge on any atom is 0.211 e. The molecule has 0 fully saturated rings. The molecule has 0 aliphatic rings. The zero-order valence-corrected chi connectivity index (χ0v) is 46.2. The molecule has 8 nitrogen and oxygen atoms in total. The second-order valence-corrected chi connectivity index (χ2v) is 22.4. The number of carbonyl (C=O) groups is 2. The van der Waals surface area contributed by atoms with Crippen LogP contribution in [0.5, 0.6) is 0 Å². The number of nitrogens with zero attached hydrogens (tertiary/aromatic N) is 2. The molecule has 0 spiro atoms. The third-order valence-electron chi connectivity index (χ3n) is 13.3. The number of carbonyl (C=O) groups excluding carboxylic acids is 2. The van der Waals surface area contributed by atoms with Crippen LogP contribution in [-0.2, 0) is 9.59 Å². The van der Waals surface area contributed by atoms with Crippen LogP contribution in [0.15, 0.2) is 12.2 Å². The zero-order chi connectivity index (χ0) is 49.3. The topological polar surface area (TPSA) is 122 Å². The van der Waals surface area contributed by atoms with E-state index in [1.54, 1.807) is 6.08 Å². The summed E-state index contributed by atoms with van der Waals surface area (Å²) in [6, 6.07) is 0. The molecule has 398 valence electrons. The van der Waals surface area contributed by atoms with Gasteiger partial charge in [-0.2, -0.15) is 0 Å². The molecule has 0 aromatic carbocycles. The first-order chi connectivity index (χ1) is 32.6. The lowest BCUT2D eigenvalue weighted by Crippen LogP contribution is -2.39. The Kier molecular flexibility index (Phi) is 51.5. The van der Waals surface area contributed by atoms with Gasteiger partial charge in [-0.05, 0) is 31.8 Å². The van der Waals surface area contributed by atoms with Gasteiger partial charge in [0.15, 0.2) is 5.12 Å². The molecule has 0 bridgehead atoms. The van der Waals surface area contributed by atoms with Gasteiger partial charge in [0.25, 0.3) is 0 Å². The maximum absolute atomic E-state index is 12.9. The number of rotatable bonds is 53. The lowest BCUT2D eigenvalue weighted by Gasteiger charge is -2.27. The van der Waals surface area contributed by atoms with Crippen molar-refractivity contribution in [3.8, 4) is 0 Å². The summed E-state index contributed by atoms with van der Waals surface area (Å²) < 4.78 is 0. The van der Waals surface area contributed by atoms with Crippen molar-refractivity contribution < 1.29 is 30.0 Å². The highest BCUT2D eigenvalue weighted by atomic mass is 32.2. The highest BCUT2D eigenvalue weighted by molar-refractivity contribution is 8.14. The molecule has 0 rings (SSSR count). The van der Waals surface area contributed by atoms with Crippen molar-refractivity contribution in [2.75, 3.05) is 50.8 Å². The molecule has 4 N–H and O–H groups in total. The monoisotopic (exact) mass is 985 g/mol. The summed E-state index contributed by atoms with van der Waals surface area (Å²) >= 11 is 2.49. The molecule has 0 amide bonds. The van der Waals surface area contributed by atoms with Crippen LogP contribution in [0.4, 0.5) is 0 Å². The van der Waals surface area contributed by atoms with Gasteiger partial charge >= 0.3 is 0 Å². The van der Waals surface area contributed by atoms with E-state index in [9.17, 15) is 30.0 Å². The molecule has 0 aromatic heterocycles. The highest BCUT2D eigenvalue weighted by Gasteiger charge is 2.18. The molecule has 0 heterocycles. The average Bonchev–Trinajstić information content (AvgIpc) is 3.29. The summed E-state index contributed by atoms with van der Waals surface area (Å²) in [5.74, 6) is 1.14. The van der Waals surface area contributed by atoms with E-state index in [4.69, 9.17) is 0 Å². The molecular weight excluding hydrogens is 873 g/mol. The minimum absolute atomic E-state index is 0.00936. The Morgan fingerprint density at radius 3 is 0.925 bits per heavy atom. The lowest BCUT2D eigenvalue weighted by molar-refractivity contribution is -0.110. The fraction of sp³-hybridized carbons (Fsp3) is 0.930. The molecule has 4 unspecified atom stereocenters. The first kappa shape index (κ1) is 66.5. The molecule has 4 atom stereocenters. The summed E-state index contributed by atoms with van der Waals surface area (Å²) in [5.41, 5.74) is 0. The molecule has 0 saturated heterocycles. The van der Waals surface area contributed by atoms with Gasteiger partial charge in [0, 0.05) is 57.2 Å². The standard InChI is InChI=1S/C57H112N2O6S2/c1-5-9-13-17-21-25-29-33-38-52(60)48-58(49-53(61)39-34-30-26-22-18-14-10-6-2)44-46-66-56(64)42-37-43-57(65)67-47-45-59(50-54(62)40-35-31-27-23-19-15-11-7-3)51-55(63)41-36-32-28-24-20-16-12-8-4/h37,42,52-55,60-63H,5-36,38-41,43-51H2,1-4H3/b42-37+. The molecule has 0 aromatic rings. The second-order valence-electron chi connectivity index (χ2n) is 20.2. The SMILES string of the molecule is CCCCCCCCCCC(O)CN(CCSC(=O)/C=C/CC(=O)SCCN(CC(O)CCCCCCCCCC)CC(O)CCCCCCCCCC)CC(O)CCCCCCCCCC. The zero-order valence-electron chi connectivity index (χ0n) is 44.6. The van der Waals surface area contributed by atoms with Crippen molar-refractivity contribution in [1.29, 1.82) is 0 Å². The number of aliphatic hydroxyl groups excluding tert-OH is 4. The van der Waals surface area contributed by atoms with E-state index in [2.05, 4.69) is 37.5 Å². The average molecular weight is 986 g/mol. The maximum atomic E-state index is 12.9. The quantitative estimate of drug-likeness (QED) is 0.0346. The minimum atomic E-state index is -0.443. The molecule has 67 heavy (non-hydrogen) atoms. The number of aliphatic hydroxyl groups is 4. The Bertz CT molecular complexity index is 1030. The van der Waals surface area contributed by atoms with Crippen molar-refractivity contribution in [2.24, 2.45) is 0 Å². The van der Waals surface area contributed by atoms with Gasteiger partial charge in [0.05, 0.1) is 24.4 Å². The first-order valence-electron chi connectivity index (χ1n) is 28.8. The Morgan fingerprint density at radius 1 is 0.388 bits per heavy atom. The second kappa shape index (κ2) is 51.9. The van der Waals surface area contributed by atoms with Crippen LogP contribution in [0.3, 0.4) is 0 Å². The summed E-state index contributed by atoms with van der Waals surface area (Å²) in [6.45, 7) is 12.3. The van der Waals surface area contributed by atoms with E-state index in [-0.39, 0.29) is 16.7 Å². The van der Waals surface area contributed by atoms with Crippen LogP contribution in [-0.4, -0.2) is 116 Å². The van der Waals surface area contributed by atoms with Crippen LogP contribution in [0, 0.1) is 0 Å². The van der Waals surface area contributed by atoms with Crippen molar-refractivity contribution in [3.63, 3.8) is 0 Å². The van der Waals surface area contributed by atoms with Gasteiger partial charge in [-0.25, -0.2) is 0 Å². The molecule has 0 aliphatic heterocycles. The van der Waals surface area contributed by atoms with Crippen LogP contribution in [0.25, 0.3) is 0 Å². The normalized spacial score (nSPS) is 13.9. The smallest absolute Gasteiger partial charge is 0.211 e. The van der Waals surface area contributed by atoms with E-state index in [0.29, 0.717) is 50.8 Å². The van der Waals surface area contributed by atoms with E-state index in [1.165, 1.54) is 184 Å². The molecule has 10 heteroatoms. The summed E-state index contributed by atoms with van der Waals surface area (Å²) in [6.07, 6.45) is 44.1. The number of allylic oxidation sites excluding steroid dienone is 1. The number of unbranched alkanes of at least 4 members (excludes halogenated alkanes) is 28. The van der Waals surface area contributed by atoms with Crippen LogP contribution >= 0.6 is 23.5 Å². The summed E-state index contributed by atoms with van der Waals surface area (Å²) in [5, 5.41) is 43.8. The van der Waals surface area contributed by atoms with Gasteiger partial charge in [-0.15, -0.1) is 0 Å². The van der Waals surface area contributed by atoms with Gasteiger partial charge in [0.2, 0.25) is 5.12 Å². The Morgan fingerprint density at radius 2 is 0.642 bits per heavy atom. The summed E-state index contributed by atoms with van der Waals surface area (Å²) in [7, 11) is 0. The number of hydrogen-bond donors (Lipinski definition) is 4. The van der Waals surface area contributed by atoms with E-state index in [0.717, 1.165) is 77.0 Å². The van der Waals surface area contributed by atoms with E-state index in [1.807, 2.05) is 0 Å². The molecule has 0 radical (unpaired) electrons. The van der Waals surface area contributed by atoms with E-state index < -0.39 is 24.4 Å². The molecular formula is C57H112N2O6S2. The fourth-order valence-electron chi connectivity index (χ4n) is 9.05. The molecule has 0 aliphatic carbocycles. The largest absolute Gasteiger partial charge is 0.392 e. The number of hydrogen-bond acceptors (Lipinski definition) is 10. The van der Waals surface area contributed by atoms with Crippen molar-refractivity contribution in [3.05, 3.63) is 12.2 Å². The summed E-state index contributed by atoms with van der Waals surface area (Å²) in [4.78, 5) is 30.0. The van der Waals surface area contributed by atoms with Gasteiger partial charge in [-0.1, -0.05) is 263 Å². The van der Waals surface area contributed by atoms with Crippen molar-refractivity contribution >= 4 is 33.8 Å². The van der Waals surface area contributed by atoms with Crippen LogP contribution in [0.1, 0.15) is 265 Å². The predicted molar refractivity (Wildman–Crippen MR) is 295 cm³/mol. The predicted octanol–water partition coefficient (Wildman–Crippen LogP) is 14.6.